The average molecular weight is 380 g/mol. The predicted octanol–water partition coefficient (Wildman–Crippen LogP) is 2.66. The maximum atomic E-state index is 13.2. The van der Waals surface area contributed by atoms with Crippen molar-refractivity contribution in [3.05, 3.63) is 58.8 Å². The van der Waals surface area contributed by atoms with Gasteiger partial charge in [0.25, 0.3) is 5.91 Å². The van der Waals surface area contributed by atoms with E-state index in [0.29, 0.717) is 25.3 Å². The second kappa shape index (κ2) is 6.49. The van der Waals surface area contributed by atoms with Gasteiger partial charge in [0.15, 0.2) is 0 Å². The molecule has 3 aromatic rings. The zero-order valence-corrected chi connectivity index (χ0v) is 15.6. The first-order valence-electron chi connectivity index (χ1n) is 9.23. The Morgan fingerprint density at radius 3 is 2.96 bits per heavy atom. The van der Waals surface area contributed by atoms with Gasteiger partial charge in [0.05, 0.1) is 23.7 Å². The Hall–Kier alpha value is -2.67. The van der Waals surface area contributed by atoms with Crippen LogP contribution in [0.2, 0.25) is 0 Å². The maximum Gasteiger partial charge on any atom is 0.270 e. The number of aromatic nitrogens is 2. The molecule has 0 radical (unpaired) electrons. The van der Waals surface area contributed by atoms with Crippen LogP contribution in [0.1, 0.15) is 29.0 Å². The number of piperidine rings is 1. The molecule has 3 aromatic heterocycles. The highest BCUT2D eigenvalue weighted by atomic mass is 32.1. The fraction of sp³-hybridized carbons (Fsp3) is 0.350. The number of carbonyl (C=O) groups excluding carboxylic acids is 2. The highest BCUT2D eigenvalue weighted by molar-refractivity contribution is 7.07. The topological polar surface area (TPSA) is 57.9 Å². The summed E-state index contributed by atoms with van der Waals surface area (Å²) < 4.78 is 1.92. The van der Waals surface area contributed by atoms with E-state index in [4.69, 9.17) is 0 Å². The molecule has 0 unspecified atom stereocenters. The van der Waals surface area contributed by atoms with Gasteiger partial charge >= 0.3 is 0 Å². The summed E-state index contributed by atoms with van der Waals surface area (Å²) in [6, 6.07) is 9.77. The SMILES string of the molecule is O=C(c1ccc2ccccn12)N1C[C@@H]2CC[C@H](C1)N(Cc1cscn1)C2=O. The second-order valence-corrected chi connectivity index (χ2v) is 8.02. The van der Waals surface area contributed by atoms with Crippen LogP contribution in [0, 0.1) is 5.92 Å². The van der Waals surface area contributed by atoms with E-state index in [1.54, 1.807) is 16.8 Å². The van der Waals surface area contributed by atoms with Crippen molar-refractivity contribution in [1.82, 2.24) is 19.2 Å². The third-order valence-electron chi connectivity index (χ3n) is 5.68. The zero-order chi connectivity index (χ0) is 18.4. The van der Waals surface area contributed by atoms with E-state index in [-0.39, 0.29) is 23.8 Å². The van der Waals surface area contributed by atoms with E-state index in [9.17, 15) is 9.59 Å². The summed E-state index contributed by atoms with van der Waals surface area (Å²) in [5.41, 5.74) is 4.38. The standard InChI is InChI=1S/C20H20N4O2S/c25-19-14-4-5-17(24(19)10-15-12-27-13-21-15)11-22(9-14)20(26)18-7-6-16-3-1-2-8-23(16)18/h1-3,6-8,12-14,17H,4-5,9-11H2/t14-,17+/m0/s1. The number of hydrogen-bond acceptors (Lipinski definition) is 4. The third-order valence-corrected chi connectivity index (χ3v) is 6.31. The normalized spacial score (nSPS) is 22.4. The number of rotatable bonds is 3. The number of carbonyl (C=O) groups is 2. The first-order chi connectivity index (χ1) is 13.2. The summed E-state index contributed by atoms with van der Waals surface area (Å²) in [5.74, 6) is 0.0496. The molecule has 2 amide bonds. The van der Waals surface area contributed by atoms with Gasteiger partial charge in [-0.2, -0.15) is 0 Å². The Morgan fingerprint density at radius 2 is 2.11 bits per heavy atom. The molecule has 6 heterocycles. The zero-order valence-electron chi connectivity index (χ0n) is 14.8. The molecule has 0 N–H and O–H groups in total. The van der Waals surface area contributed by atoms with Gasteiger partial charge in [-0.25, -0.2) is 4.98 Å². The number of pyridine rings is 1. The van der Waals surface area contributed by atoms with Gasteiger partial charge < -0.3 is 14.2 Å². The van der Waals surface area contributed by atoms with Crippen LogP contribution in [-0.4, -0.2) is 50.1 Å². The largest absolute Gasteiger partial charge is 0.335 e. The van der Waals surface area contributed by atoms with Crippen molar-refractivity contribution in [2.45, 2.75) is 25.4 Å². The minimum absolute atomic E-state index is 0.00130. The van der Waals surface area contributed by atoms with Crippen molar-refractivity contribution in [2.75, 3.05) is 13.1 Å². The Morgan fingerprint density at radius 1 is 1.19 bits per heavy atom. The van der Waals surface area contributed by atoms with Crippen molar-refractivity contribution in [2.24, 2.45) is 5.92 Å². The van der Waals surface area contributed by atoms with Crippen LogP contribution in [0.4, 0.5) is 0 Å². The molecule has 0 aliphatic carbocycles. The highest BCUT2D eigenvalue weighted by Crippen LogP contribution is 2.31. The van der Waals surface area contributed by atoms with E-state index in [0.717, 1.165) is 24.1 Å². The van der Waals surface area contributed by atoms with Gasteiger partial charge in [-0.15, -0.1) is 11.3 Å². The Balaban J connectivity index is 1.42. The number of amides is 2. The summed E-state index contributed by atoms with van der Waals surface area (Å²) in [7, 11) is 0. The molecule has 7 heteroatoms. The predicted molar refractivity (Wildman–Crippen MR) is 102 cm³/mol. The quantitative estimate of drug-likeness (QED) is 0.702. The molecule has 0 saturated carbocycles. The smallest absolute Gasteiger partial charge is 0.270 e. The molecule has 0 aromatic carbocycles. The second-order valence-electron chi connectivity index (χ2n) is 7.30. The van der Waals surface area contributed by atoms with Gasteiger partial charge in [-0.05, 0) is 37.1 Å². The van der Waals surface area contributed by atoms with E-state index < -0.39 is 0 Å². The molecule has 3 aliphatic rings. The summed E-state index contributed by atoms with van der Waals surface area (Å²) in [5, 5.41) is 1.99. The maximum absolute atomic E-state index is 13.2. The summed E-state index contributed by atoms with van der Waals surface area (Å²) >= 11 is 1.54. The molecule has 0 spiro atoms. The summed E-state index contributed by atoms with van der Waals surface area (Å²) in [6.07, 6.45) is 3.71. The Bertz CT molecular complexity index is 997. The van der Waals surface area contributed by atoms with Gasteiger partial charge in [-0.3, -0.25) is 9.59 Å². The van der Waals surface area contributed by atoms with Gasteiger partial charge in [0.2, 0.25) is 5.91 Å². The Labute approximate surface area is 161 Å². The molecule has 2 atom stereocenters. The molecule has 138 valence electrons. The van der Waals surface area contributed by atoms with Crippen LogP contribution < -0.4 is 0 Å². The number of nitrogens with zero attached hydrogens (tertiary/aromatic N) is 4. The van der Waals surface area contributed by atoms with Crippen LogP contribution in [0.15, 0.2) is 47.4 Å². The number of fused-ring (bicyclic) bond motifs is 5. The van der Waals surface area contributed by atoms with Crippen LogP contribution in [-0.2, 0) is 11.3 Å². The fourth-order valence-corrected chi connectivity index (χ4v) is 4.85. The summed E-state index contributed by atoms with van der Waals surface area (Å²) in [4.78, 5) is 34.3. The molecule has 3 aliphatic heterocycles. The van der Waals surface area contributed by atoms with E-state index in [2.05, 4.69) is 4.98 Å². The molecule has 3 fully saturated rings. The van der Waals surface area contributed by atoms with E-state index in [1.165, 1.54) is 0 Å². The molecule has 2 bridgehead atoms. The van der Waals surface area contributed by atoms with Crippen molar-refractivity contribution in [3.8, 4) is 0 Å². The first kappa shape index (κ1) is 16.5. The lowest BCUT2D eigenvalue weighted by Crippen LogP contribution is -2.47. The monoisotopic (exact) mass is 380 g/mol. The van der Waals surface area contributed by atoms with E-state index in [1.807, 2.05) is 56.1 Å². The van der Waals surface area contributed by atoms with Gasteiger partial charge in [0, 0.05) is 36.2 Å². The van der Waals surface area contributed by atoms with Crippen LogP contribution in [0.5, 0.6) is 0 Å². The van der Waals surface area contributed by atoms with Gasteiger partial charge in [0.1, 0.15) is 5.69 Å². The van der Waals surface area contributed by atoms with Crippen molar-refractivity contribution in [1.29, 1.82) is 0 Å². The highest BCUT2D eigenvalue weighted by Gasteiger charge is 2.42. The van der Waals surface area contributed by atoms with Crippen molar-refractivity contribution in [3.63, 3.8) is 0 Å². The number of hydrogen-bond donors (Lipinski definition) is 0. The lowest BCUT2D eigenvalue weighted by molar-refractivity contribution is -0.140. The minimum atomic E-state index is -0.113. The minimum Gasteiger partial charge on any atom is -0.335 e. The van der Waals surface area contributed by atoms with Crippen LogP contribution in [0.3, 0.4) is 0 Å². The molecular formula is C20H20N4O2S. The lowest BCUT2D eigenvalue weighted by Gasteiger charge is -2.35. The van der Waals surface area contributed by atoms with Gasteiger partial charge in [-0.1, -0.05) is 6.07 Å². The Kier molecular flexibility index (Phi) is 3.97. The van der Waals surface area contributed by atoms with Crippen LogP contribution >= 0.6 is 11.3 Å². The van der Waals surface area contributed by atoms with Crippen molar-refractivity contribution < 1.29 is 9.59 Å². The average Bonchev–Trinajstić information content (AvgIpc) is 3.27. The van der Waals surface area contributed by atoms with Crippen molar-refractivity contribution >= 4 is 28.7 Å². The fourth-order valence-electron chi connectivity index (χ4n) is 4.30. The molecule has 27 heavy (non-hydrogen) atoms. The van der Waals surface area contributed by atoms with E-state index >= 15 is 0 Å². The van der Waals surface area contributed by atoms with Crippen LogP contribution in [0.25, 0.3) is 5.52 Å². The molecule has 6 nitrogen and oxygen atoms in total. The third kappa shape index (κ3) is 2.82. The summed E-state index contributed by atoms with van der Waals surface area (Å²) in [6.45, 7) is 1.63. The molecule has 3 saturated heterocycles. The first-order valence-corrected chi connectivity index (χ1v) is 10.2. The molecule has 6 rings (SSSR count). The molecular weight excluding hydrogens is 360 g/mol. The number of thiazole rings is 1. The lowest BCUT2D eigenvalue weighted by atomic mass is 9.94.